The normalized spacial score (nSPS) is 23.4. The van der Waals surface area contributed by atoms with E-state index in [0.29, 0.717) is 18.4 Å². The lowest BCUT2D eigenvalue weighted by molar-refractivity contribution is -0.135. The van der Waals surface area contributed by atoms with E-state index in [0.717, 1.165) is 51.8 Å². The Bertz CT molecular complexity index is 553. The van der Waals surface area contributed by atoms with Gasteiger partial charge < -0.3 is 20.0 Å². The number of halogens is 1. The minimum absolute atomic E-state index is 0. The van der Waals surface area contributed by atoms with Crippen molar-refractivity contribution in [1.29, 1.82) is 0 Å². The lowest BCUT2D eigenvalue weighted by Gasteiger charge is -2.39. The van der Waals surface area contributed by atoms with Crippen molar-refractivity contribution < 1.29 is 9.59 Å². The van der Waals surface area contributed by atoms with E-state index in [1.807, 2.05) is 11.8 Å². The second kappa shape index (κ2) is 12.6. The Kier molecular flexibility index (Phi) is 11.2. The van der Waals surface area contributed by atoms with Crippen molar-refractivity contribution in [2.45, 2.75) is 27.2 Å². The molecule has 8 nitrogen and oxygen atoms in total. The Balaban J connectivity index is 0.00000420. The Morgan fingerprint density at radius 2 is 1.62 bits per heavy atom. The maximum Gasteiger partial charge on any atom is 0.243 e. The number of likely N-dealkylation sites (N-methyl/N-ethyl adjacent to an activating group) is 1. The summed E-state index contributed by atoms with van der Waals surface area (Å²) < 4.78 is 0. The molecule has 9 heteroatoms. The van der Waals surface area contributed by atoms with E-state index in [9.17, 15) is 9.59 Å². The fourth-order valence-corrected chi connectivity index (χ4v) is 3.99. The van der Waals surface area contributed by atoms with Crippen LogP contribution in [0.1, 0.15) is 27.2 Å². The molecule has 2 rings (SSSR count). The number of hydrogen-bond acceptors (Lipinski definition) is 4. The molecule has 0 aliphatic carbocycles. The van der Waals surface area contributed by atoms with Gasteiger partial charge in [-0.3, -0.25) is 14.5 Å². The third kappa shape index (κ3) is 8.27. The minimum atomic E-state index is -0.00961. The first kappa shape index (κ1) is 25.9. The molecule has 0 aromatic rings. The van der Waals surface area contributed by atoms with Crippen LogP contribution < -0.4 is 5.32 Å². The zero-order chi connectivity index (χ0) is 20.7. The minimum Gasteiger partial charge on any atom is -0.357 e. The Hall–Kier alpha value is -1.10. The summed E-state index contributed by atoms with van der Waals surface area (Å²) in [5.74, 6) is 2.21. The van der Waals surface area contributed by atoms with Crippen molar-refractivity contribution in [2.24, 2.45) is 16.8 Å². The van der Waals surface area contributed by atoms with E-state index in [4.69, 9.17) is 0 Å². The number of guanidine groups is 1. The molecule has 0 spiro atoms. The molecule has 168 valence electrons. The second-order valence-electron chi connectivity index (χ2n) is 8.47. The van der Waals surface area contributed by atoms with Gasteiger partial charge in [-0.1, -0.05) is 13.8 Å². The van der Waals surface area contributed by atoms with Crippen molar-refractivity contribution in [3.63, 3.8) is 0 Å². The Labute approximate surface area is 193 Å². The number of piperazine rings is 1. The second-order valence-corrected chi connectivity index (χ2v) is 8.47. The summed E-state index contributed by atoms with van der Waals surface area (Å²) in [5.41, 5.74) is 0. The summed E-state index contributed by atoms with van der Waals surface area (Å²) in [7, 11) is 3.48. The standard InChI is InChI=1S/C20H38N6O2.HI/c1-6-21-20(22-12-18(27)23(4)5)25-9-7-24(8-10-25)15-19(28)26-13-16(2)11-17(3)14-26;/h16-17H,6-15H2,1-5H3,(H,21,22);1H. The summed E-state index contributed by atoms with van der Waals surface area (Å²) in [4.78, 5) is 37.0. The number of likely N-dealkylation sites (tertiary alicyclic amines) is 1. The third-order valence-electron chi connectivity index (χ3n) is 5.45. The molecule has 2 saturated heterocycles. The fraction of sp³-hybridized carbons (Fsp3) is 0.850. The molecule has 2 heterocycles. The topological polar surface area (TPSA) is 71.5 Å². The highest BCUT2D eigenvalue weighted by Gasteiger charge is 2.28. The summed E-state index contributed by atoms with van der Waals surface area (Å²) >= 11 is 0. The predicted octanol–water partition coefficient (Wildman–Crippen LogP) is 0.780. The summed E-state index contributed by atoms with van der Waals surface area (Å²) in [6.45, 7) is 13.0. The van der Waals surface area contributed by atoms with Gasteiger partial charge in [-0.2, -0.15) is 0 Å². The Morgan fingerprint density at radius 1 is 1.03 bits per heavy atom. The van der Waals surface area contributed by atoms with Crippen molar-refractivity contribution in [3.05, 3.63) is 0 Å². The molecule has 1 N–H and O–H groups in total. The van der Waals surface area contributed by atoms with Crippen LogP contribution >= 0.6 is 24.0 Å². The summed E-state index contributed by atoms with van der Waals surface area (Å²) in [5, 5.41) is 3.28. The monoisotopic (exact) mass is 522 g/mol. The highest BCUT2D eigenvalue weighted by molar-refractivity contribution is 14.0. The number of hydrogen-bond donors (Lipinski definition) is 1. The summed E-state index contributed by atoms with van der Waals surface area (Å²) in [6.07, 6.45) is 1.21. The van der Waals surface area contributed by atoms with Crippen molar-refractivity contribution in [1.82, 2.24) is 24.9 Å². The van der Waals surface area contributed by atoms with Crippen LogP contribution in [-0.4, -0.2) is 110 Å². The van der Waals surface area contributed by atoms with Crippen LogP contribution in [0.4, 0.5) is 0 Å². The van der Waals surface area contributed by atoms with Crippen molar-refractivity contribution in [3.8, 4) is 0 Å². The smallest absolute Gasteiger partial charge is 0.243 e. The van der Waals surface area contributed by atoms with Gasteiger partial charge in [-0.25, -0.2) is 4.99 Å². The number of carbonyl (C=O) groups excluding carboxylic acids is 2. The lowest BCUT2D eigenvalue weighted by atomic mass is 9.92. The molecule has 0 bridgehead atoms. The maximum absolute atomic E-state index is 12.7. The van der Waals surface area contributed by atoms with Gasteiger partial charge in [0.25, 0.3) is 0 Å². The van der Waals surface area contributed by atoms with E-state index >= 15 is 0 Å². The van der Waals surface area contributed by atoms with E-state index in [1.54, 1.807) is 19.0 Å². The number of nitrogens with one attached hydrogen (secondary N) is 1. The zero-order valence-electron chi connectivity index (χ0n) is 18.7. The first-order valence-electron chi connectivity index (χ1n) is 10.5. The van der Waals surface area contributed by atoms with Gasteiger partial charge in [-0.05, 0) is 25.2 Å². The number of amides is 2. The fourth-order valence-electron chi connectivity index (χ4n) is 3.99. The molecule has 2 unspecified atom stereocenters. The zero-order valence-corrected chi connectivity index (χ0v) is 21.0. The maximum atomic E-state index is 12.7. The molecule has 0 radical (unpaired) electrons. The molecular formula is C20H39IN6O2. The van der Waals surface area contributed by atoms with Crippen molar-refractivity contribution in [2.75, 3.05) is 73.0 Å². The van der Waals surface area contributed by atoms with Crippen LogP contribution in [0.25, 0.3) is 0 Å². The van der Waals surface area contributed by atoms with E-state index in [2.05, 4.69) is 34.0 Å². The molecule has 0 saturated carbocycles. The van der Waals surface area contributed by atoms with Gasteiger partial charge in [0.1, 0.15) is 6.54 Å². The van der Waals surface area contributed by atoms with E-state index < -0.39 is 0 Å². The van der Waals surface area contributed by atoms with Gasteiger partial charge in [0.2, 0.25) is 11.8 Å². The number of nitrogens with zero attached hydrogens (tertiary/aromatic N) is 5. The van der Waals surface area contributed by atoms with Gasteiger partial charge >= 0.3 is 0 Å². The average molecular weight is 522 g/mol. The van der Waals surface area contributed by atoms with Crippen LogP contribution in [0.3, 0.4) is 0 Å². The quantitative estimate of drug-likeness (QED) is 0.329. The number of piperidine rings is 1. The van der Waals surface area contributed by atoms with Crippen LogP contribution in [0.15, 0.2) is 4.99 Å². The molecule has 2 atom stereocenters. The molecule has 2 aliphatic heterocycles. The van der Waals surface area contributed by atoms with Gasteiger partial charge in [0.15, 0.2) is 5.96 Å². The summed E-state index contributed by atoms with van der Waals surface area (Å²) in [6, 6.07) is 0. The van der Waals surface area contributed by atoms with Crippen LogP contribution in [0.5, 0.6) is 0 Å². The molecule has 29 heavy (non-hydrogen) atoms. The molecule has 0 aromatic carbocycles. The largest absolute Gasteiger partial charge is 0.357 e. The molecule has 2 amide bonds. The average Bonchev–Trinajstić information content (AvgIpc) is 2.64. The van der Waals surface area contributed by atoms with E-state index in [1.165, 1.54) is 6.42 Å². The van der Waals surface area contributed by atoms with Gasteiger partial charge in [0, 0.05) is 59.9 Å². The number of carbonyl (C=O) groups is 2. The Morgan fingerprint density at radius 3 is 2.14 bits per heavy atom. The van der Waals surface area contributed by atoms with Crippen LogP contribution in [-0.2, 0) is 9.59 Å². The number of rotatable bonds is 5. The number of aliphatic imine (C=N–C) groups is 1. The molecule has 2 aliphatic rings. The molecular weight excluding hydrogens is 483 g/mol. The van der Waals surface area contributed by atoms with Gasteiger partial charge in [-0.15, -0.1) is 24.0 Å². The van der Waals surface area contributed by atoms with Crippen LogP contribution in [0.2, 0.25) is 0 Å². The van der Waals surface area contributed by atoms with Crippen molar-refractivity contribution >= 4 is 41.8 Å². The van der Waals surface area contributed by atoms with E-state index in [-0.39, 0.29) is 42.3 Å². The van der Waals surface area contributed by atoms with Crippen LogP contribution in [0, 0.1) is 11.8 Å². The molecule has 2 fully saturated rings. The first-order chi connectivity index (χ1) is 13.3. The SMILES string of the molecule is CCNC(=NCC(=O)N(C)C)N1CCN(CC(=O)N2CC(C)CC(C)C2)CC1.I. The highest BCUT2D eigenvalue weighted by Crippen LogP contribution is 2.21. The highest BCUT2D eigenvalue weighted by atomic mass is 127. The lowest BCUT2D eigenvalue weighted by Crippen LogP contribution is -2.55. The third-order valence-corrected chi connectivity index (χ3v) is 5.45. The van der Waals surface area contributed by atoms with Gasteiger partial charge in [0.05, 0.1) is 6.54 Å². The molecule has 0 aromatic heterocycles. The first-order valence-corrected chi connectivity index (χ1v) is 10.5. The predicted molar refractivity (Wildman–Crippen MR) is 128 cm³/mol.